The summed E-state index contributed by atoms with van der Waals surface area (Å²) >= 11 is 0. The Hall–Kier alpha value is -1.36. The van der Waals surface area contributed by atoms with Gasteiger partial charge < -0.3 is 10.4 Å². The van der Waals surface area contributed by atoms with Gasteiger partial charge >= 0.3 is 0 Å². The number of anilines is 1. The van der Waals surface area contributed by atoms with Gasteiger partial charge in [-0.2, -0.15) is 0 Å². The third-order valence-corrected chi connectivity index (χ3v) is 1.08. The Morgan fingerprint density at radius 3 is 3.18 bits per heavy atom. The molecule has 0 aliphatic rings. The van der Waals surface area contributed by atoms with Crippen LogP contribution < -0.4 is 10.9 Å². The molecule has 11 heavy (non-hydrogen) atoms. The van der Waals surface area contributed by atoms with Gasteiger partial charge in [0.15, 0.2) is 0 Å². The van der Waals surface area contributed by atoms with Crippen molar-refractivity contribution in [2.75, 3.05) is 18.5 Å². The van der Waals surface area contributed by atoms with Crippen LogP contribution in [0.25, 0.3) is 0 Å². The predicted molar refractivity (Wildman–Crippen MR) is 40.4 cm³/mol. The number of hydrogen-bond donors (Lipinski definition) is 3. The second-order valence-electron chi connectivity index (χ2n) is 1.93. The van der Waals surface area contributed by atoms with E-state index in [2.05, 4.69) is 15.3 Å². The summed E-state index contributed by atoms with van der Waals surface area (Å²) in [4.78, 5) is 16.9. The second kappa shape index (κ2) is 3.72. The molecule has 0 aliphatic carbocycles. The molecule has 0 saturated heterocycles. The SMILES string of the molecule is O=c1ccnc(NCCO)[nH]1. The summed E-state index contributed by atoms with van der Waals surface area (Å²) in [5.74, 6) is 0.381. The molecule has 3 N–H and O–H groups in total. The third kappa shape index (κ3) is 2.38. The molecule has 0 radical (unpaired) electrons. The van der Waals surface area contributed by atoms with E-state index in [-0.39, 0.29) is 12.2 Å². The van der Waals surface area contributed by atoms with E-state index in [1.807, 2.05) is 0 Å². The van der Waals surface area contributed by atoms with Gasteiger partial charge in [0, 0.05) is 18.8 Å². The van der Waals surface area contributed by atoms with Gasteiger partial charge in [0.05, 0.1) is 6.61 Å². The minimum Gasteiger partial charge on any atom is -0.395 e. The van der Waals surface area contributed by atoms with Crippen LogP contribution in [-0.2, 0) is 0 Å². The summed E-state index contributed by atoms with van der Waals surface area (Å²) < 4.78 is 0. The Morgan fingerprint density at radius 1 is 1.73 bits per heavy atom. The number of nitrogens with one attached hydrogen (secondary N) is 2. The monoisotopic (exact) mass is 155 g/mol. The number of nitrogens with zero attached hydrogens (tertiary/aromatic N) is 1. The predicted octanol–water partition coefficient (Wildman–Crippen LogP) is -0.826. The summed E-state index contributed by atoms with van der Waals surface area (Å²) in [6.45, 7) is 0.394. The van der Waals surface area contributed by atoms with Crippen LogP contribution in [0, 0.1) is 0 Å². The normalized spacial score (nSPS) is 9.55. The van der Waals surface area contributed by atoms with Crippen LogP contribution in [0.3, 0.4) is 0 Å². The van der Waals surface area contributed by atoms with E-state index >= 15 is 0 Å². The molecule has 0 spiro atoms. The fourth-order valence-electron chi connectivity index (χ4n) is 0.634. The van der Waals surface area contributed by atoms with Crippen molar-refractivity contribution in [3.63, 3.8) is 0 Å². The zero-order valence-electron chi connectivity index (χ0n) is 5.87. The lowest BCUT2D eigenvalue weighted by atomic mass is 10.6. The van der Waals surface area contributed by atoms with Crippen molar-refractivity contribution in [2.24, 2.45) is 0 Å². The molecule has 1 aromatic rings. The first kappa shape index (κ1) is 7.74. The van der Waals surface area contributed by atoms with Gasteiger partial charge in [0.1, 0.15) is 0 Å². The van der Waals surface area contributed by atoms with Crippen LogP contribution in [0.5, 0.6) is 0 Å². The van der Waals surface area contributed by atoms with E-state index in [1.165, 1.54) is 12.3 Å². The highest BCUT2D eigenvalue weighted by molar-refractivity contribution is 5.21. The fourth-order valence-corrected chi connectivity index (χ4v) is 0.634. The van der Waals surface area contributed by atoms with Crippen molar-refractivity contribution >= 4 is 5.95 Å². The van der Waals surface area contributed by atoms with Crippen molar-refractivity contribution in [3.05, 3.63) is 22.6 Å². The topological polar surface area (TPSA) is 78.0 Å². The van der Waals surface area contributed by atoms with Gasteiger partial charge in [-0.15, -0.1) is 0 Å². The zero-order chi connectivity index (χ0) is 8.10. The molecule has 1 heterocycles. The highest BCUT2D eigenvalue weighted by Crippen LogP contribution is 1.87. The van der Waals surface area contributed by atoms with E-state index in [4.69, 9.17) is 5.11 Å². The maximum Gasteiger partial charge on any atom is 0.252 e. The number of rotatable bonds is 3. The molecule has 5 heteroatoms. The Kier molecular flexibility index (Phi) is 2.62. The smallest absolute Gasteiger partial charge is 0.252 e. The van der Waals surface area contributed by atoms with Crippen LogP contribution in [-0.4, -0.2) is 28.2 Å². The summed E-state index contributed by atoms with van der Waals surface area (Å²) in [6.07, 6.45) is 1.40. The first-order valence-electron chi connectivity index (χ1n) is 3.23. The third-order valence-electron chi connectivity index (χ3n) is 1.08. The number of aliphatic hydroxyl groups excluding tert-OH is 1. The number of hydrogen-bond acceptors (Lipinski definition) is 4. The van der Waals surface area contributed by atoms with Crippen molar-refractivity contribution in [2.45, 2.75) is 0 Å². The first-order chi connectivity index (χ1) is 5.33. The molecule has 60 valence electrons. The Labute approximate surface area is 63.1 Å². The second-order valence-corrected chi connectivity index (χ2v) is 1.93. The molecule has 0 bridgehead atoms. The molecule has 0 amide bonds. The largest absolute Gasteiger partial charge is 0.395 e. The summed E-state index contributed by atoms with van der Waals surface area (Å²) in [5.41, 5.74) is -0.208. The molecule has 0 atom stereocenters. The number of aromatic nitrogens is 2. The van der Waals surface area contributed by atoms with Gasteiger partial charge in [-0.3, -0.25) is 9.78 Å². The van der Waals surface area contributed by atoms with E-state index in [9.17, 15) is 4.79 Å². The van der Waals surface area contributed by atoms with Crippen LogP contribution in [0.1, 0.15) is 0 Å². The van der Waals surface area contributed by atoms with Crippen LogP contribution in [0.15, 0.2) is 17.1 Å². The van der Waals surface area contributed by atoms with E-state index in [0.717, 1.165) is 0 Å². The Bertz CT molecular complexity index is 271. The molecule has 0 aliphatic heterocycles. The molecule has 0 aromatic carbocycles. The van der Waals surface area contributed by atoms with Crippen LogP contribution >= 0.6 is 0 Å². The van der Waals surface area contributed by atoms with Crippen LogP contribution in [0.2, 0.25) is 0 Å². The van der Waals surface area contributed by atoms with E-state index in [0.29, 0.717) is 12.5 Å². The first-order valence-corrected chi connectivity index (χ1v) is 3.23. The lowest BCUT2D eigenvalue weighted by Crippen LogP contribution is -2.13. The summed E-state index contributed by atoms with van der Waals surface area (Å²) in [7, 11) is 0. The average molecular weight is 155 g/mol. The minimum atomic E-state index is -0.208. The Balaban J connectivity index is 2.64. The molecule has 0 unspecified atom stereocenters. The van der Waals surface area contributed by atoms with Crippen molar-refractivity contribution in [1.82, 2.24) is 9.97 Å². The highest BCUT2D eigenvalue weighted by atomic mass is 16.3. The zero-order valence-corrected chi connectivity index (χ0v) is 5.87. The summed E-state index contributed by atoms with van der Waals surface area (Å²) in [5, 5.41) is 11.1. The fraction of sp³-hybridized carbons (Fsp3) is 0.333. The number of aromatic amines is 1. The maximum atomic E-state index is 10.7. The molecule has 1 rings (SSSR count). The summed E-state index contributed by atoms with van der Waals surface area (Å²) in [6, 6.07) is 1.32. The number of H-pyrrole nitrogens is 1. The van der Waals surface area contributed by atoms with E-state index < -0.39 is 0 Å². The molecule has 5 nitrogen and oxygen atoms in total. The van der Waals surface area contributed by atoms with Crippen LogP contribution in [0.4, 0.5) is 5.95 Å². The lowest BCUT2D eigenvalue weighted by Gasteiger charge is -1.99. The molecular weight excluding hydrogens is 146 g/mol. The van der Waals surface area contributed by atoms with Gasteiger partial charge in [-0.1, -0.05) is 0 Å². The van der Waals surface area contributed by atoms with Gasteiger partial charge in [-0.25, -0.2) is 4.98 Å². The average Bonchev–Trinajstić information content (AvgIpc) is 2.01. The maximum absolute atomic E-state index is 10.7. The van der Waals surface area contributed by atoms with Crippen molar-refractivity contribution < 1.29 is 5.11 Å². The molecule has 0 saturated carbocycles. The van der Waals surface area contributed by atoms with Crippen molar-refractivity contribution in [1.29, 1.82) is 0 Å². The number of aliphatic hydroxyl groups is 1. The standard InChI is InChI=1S/C6H9N3O2/c10-4-3-8-6-7-2-1-5(11)9-6/h1-2,10H,3-4H2,(H2,7,8,9,11). The molecule has 1 aromatic heterocycles. The lowest BCUT2D eigenvalue weighted by molar-refractivity contribution is 0.311. The Morgan fingerprint density at radius 2 is 2.55 bits per heavy atom. The highest BCUT2D eigenvalue weighted by Gasteiger charge is 1.90. The van der Waals surface area contributed by atoms with Gasteiger partial charge in [-0.05, 0) is 0 Å². The van der Waals surface area contributed by atoms with Crippen molar-refractivity contribution in [3.8, 4) is 0 Å². The van der Waals surface area contributed by atoms with E-state index in [1.54, 1.807) is 0 Å². The quantitative estimate of drug-likeness (QED) is 0.532. The van der Waals surface area contributed by atoms with Gasteiger partial charge in [0.2, 0.25) is 5.95 Å². The molecular formula is C6H9N3O2. The molecule has 0 fully saturated rings. The minimum absolute atomic E-state index is 0.0125. The van der Waals surface area contributed by atoms with Gasteiger partial charge in [0.25, 0.3) is 5.56 Å².